The second-order valence-electron chi connectivity index (χ2n) is 2.96. The maximum atomic E-state index is 12.8. The van der Waals surface area contributed by atoms with Crippen LogP contribution < -0.4 is 5.32 Å². The Bertz CT molecular complexity index is 297. The molecule has 1 aromatic carbocycles. The summed E-state index contributed by atoms with van der Waals surface area (Å²) in [6.07, 6.45) is 1.10. The highest BCUT2D eigenvalue weighted by atomic mass is 79.9. The Kier molecular flexibility index (Phi) is 2.15. The molecule has 12 heavy (non-hydrogen) atoms. The Labute approximate surface area is 79.1 Å². The zero-order valence-corrected chi connectivity index (χ0v) is 8.07. The van der Waals surface area contributed by atoms with Crippen LogP contribution in [0.3, 0.4) is 0 Å². The van der Waals surface area contributed by atoms with Crippen molar-refractivity contribution in [3.63, 3.8) is 0 Å². The van der Waals surface area contributed by atoms with Gasteiger partial charge in [0.25, 0.3) is 0 Å². The highest BCUT2D eigenvalue weighted by Gasteiger charge is 2.20. The number of benzene rings is 1. The highest BCUT2D eigenvalue weighted by Crippen LogP contribution is 2.29. The normalized spacial score (nSPS) is 22.0. The molecule has 0 bridgehead atoms. The Hall–Kier alpha value is -0.410. The molecule has 1 fully saturated rings. The summed E-state index contributed by atoms with van der Waals surface area (Å²) in [6.45, 7) is 1.04. The van der Waals surface area contributed by atoms with Gasteiger partial charge in [-0.15, -0.1) is 0 Å². The maximum absolute atomic E-state index is 12.8. The van der Waals surface area contributed by atoms with Gasteiger partial charge in [-0.1, -0.05) is 15.9 Å². The van der Waals surface area contributed by atoms with Crippen LogP contribution in [0.1, 0.15) is 18.0 Å². The molecule has 0 aromatic heterocycles. The second-order valence-corrected chi connectivity index (χ2v) is 3.82. The van der Waals surface area contributed by atoms with E-state index < -0.39 is 0 Å². The van der Waals surface area contributed by atoms with E-state index in [0.717, 1.165) is 23.0 Å². The smallest absolute Gasteiger partial charge is 0.123 e. The van der Waals surface area contributed by atoms with Crippen LogP contribution in [0.4, 0.5) is 4.39 Å². The van der Waals surface area contributed by atoms with Crippen LogP contribution in [-0.2, 0) is 0 Å². The molecule has 0 saturated carbocycles. The summed E-state index contributed by atoms with van der Waals surface area (Å²) >= 11 is 3.40. The molecule has 1 N–H and O–H groups in total. The van der Waals surface area contributed by atoms with Crippen LogP contribution in [0.2, 0.25) is 0 Å². The number of halogens is 2. The molecule has 1 aromatic rings. The summed E-state index contributed by atoms with van der Waals surface area (Å²) in [5, 5.41) is 3.23. The van der Waals surface area contributed by atoms with E-state index in [9.17, 15) is 4.39 Å². The fourth-order valence-corrected chi connectivity index (χ4v) is 1.86. The zero-order valence-electron chi connectivity index (χ0n) is 6.48. The van der Waals surface area contributed by atoms with E-state index in [0.29, 0.717) is 6.04 Å². The molecule has 0 aliphatic carbocycles. The second kappa shape index (κ2) is 3.15. The van der Waals surface area contributed by atoms with Gasteiger partial charge >= 0.3 is 0 Å². The molecule has 0 spiro atoms. The molecule has 2 rings (SSSR count). The van der Waals surface area contributed by atoms with Gasteiger partial charge in [-0.3, -0.25) is 0 Å². The third kappa shape index (κ3) is 1.39. The Morgan fingerprint density at radius 2 is 2.25 bits per heavy atom. The van der Waals surface area contributed by atoms with E-state index in [1.807, 2.05) is 0 Å². The molecule has 3 heteroatoms. The van der Waals surface area contributed by atoms with E-state index in [2.05, 4.69) is 21.2 Å². The third-order valence-electron chi connectivity index (χ3n) is 2.16. The molecular formula is C9H9BrFN. The first kappa shape index (κ1) is 8.20. The van der Waals surface area contributed by atoms with Crippen molar-refractivity contribution in [2.75, 3.05) is 6.54 Å². The first-order valence-corrected chi connectivity index (χ1v) is 4.75. The van der Waals surface area contributed by atoms with Crippen LogP contribution >= 0.6 is 15.9 Å². The highest BCUT2D eigenvalue weighted by molar-refractivity contribution is 9.10. The monoisotopic (exact) mass is 229 g/mol. The van der Waals surface area contributed by atoms with E-state index in [1.165, 1.54) is 6.07 Å². The molecule has 64 valence electrons. The quantitative estimate of drug-likeness (QED) is 0.781. The summed E-state index contributed by atoms with van der Waals surface area (Å²) in [6, 6.07) is 5.15. The lowest BCUT2D eigenvalue weighted by Crippen LogP contribution is -2.35. The van der Waals surface area contributed by atoms with Crippen molar-refractivity contribution in [1.29, 1.82) is 0 Å². The van der Waals surface area contributed by atoms with Gasteiger partial charge in [0.1, 0.15) is 5.82 Å². The van der Waals surface area contributed by atoms with Crippen LogP contribution in [0.5, 0.6) is 0 Å². The van der Waals surface area contributed by atoms with E-state index in [1.54, 1.807) is 12.1 Å². The van der Waals surface area contributed by atoms with Gasteiger partial charge in [0.05, 0.1) is 0 Å². The summed E-state index contributed by atoms with van der Waals surface area (Å²) in [7, 11) is 0. The topological polar surface area (TPSA) is 12.0 Å². The standard InChI is InChI=1S/C9H9BrFN/c10-8-2-1-6(11)5-7(8)9-3-4-12-9/h1-2,5,9,12H,3-4H2/t9-/m0/s1. The number of hydrogen-bond donors (Lipinski definition) is 1. The predicted molar refractivity (Wildman–Crippen MR) is 49.5 cm³/mol. The molecule has 1 atom stereocenters. The van der Waals surface area contributed by atoms with Gasteiger partial charge in [0.15, 0.2) is 0 Å². The number of nitrogens with one attached hydrogen (secondary N) is 1. The van der Waals surface area contributed by atoms with Crippen molar-refractivity contribution in [3.05, 3.63) is 34.1 Å². The van der Waals surface area contributed by atoms with Crippen LogP contribution in [0.15, 0.2) is 22.7 Å². The molecular weight excluding hydrogens is 221 g/mol. The van der Waals surface area contributed by atoms with Crippen LogP contribution in [0.25, 0.3) is 0 Å². The summed E-state index contributed by atoms with van der Waals surface area (Å²) < 4.78 is 13.8. The lowest BCUT2D eigenvalue weighted by molar-refractivity contribution is 0.380. The summed E-state index contributed by atoms with van der Waals surface area (Å²) in [5.74, 6) is -0.165. The molecule has 0 unspecified atom stereocenters. The predicted octanol–water partition coefficient (Wildman–Crippen LogP) is 2.62. The van der Waals surface area contributed by atoms with Gasteiger partial charge in [-0.05, 0) is 36.7 Å². The largest absolute Gasteiger partial charge is 0.310 e. The fourth-order valence-electron chi connectivity index (χ4n) is 1.34. The maximum Gasteiger partial charge on any atom is 0.123 e. The molecule has 1 aliphatic heterocycles. The van der Waals surface area contributed by atoms with Crippen LogP contribution in [0, 0.1) is 5.82 Å². The minimum absolute atomic E-state index is 0.165. The van der Waals surface area contributed by atoms with Gasteiger partial charge in [0.2, 0.25) is 0 Å². The first-order valence-electron chi connectivity index (χ1n) is 3.96. The van der Waals surface area contributed by atoms with Crippen molar-refractivity contribution in [2.45, 2.75) is 12.5 Å². The Balaban J connectivity index is 2.34. The van der Waals surface area contributed by atoms with Gasteiger partial charge < -0.3 is 5.32 Å². The molecule has 0 amide bonds. The average Bonchev–Trinajstić information content (AvgIpc) is 1.93. The molecule has 1 nitrogen and oxygen atoms in total. The molecule has 1 saturated heterocycles. The SMILES string of the molecule is Fc1ccc(Br)c([C@@H]2CCN2)c1. The summed E-state index contributed by atoms with van der Waals surface area (Å²) in [5.41, 5.74) is 1.03. The molecule has 1 heterocycles. The van der Waals surface area contributed by atoms with Gasteiger partial charge in [-0.25, -0.2) is 4.39 Å². The Morgan fingerprint density at radius 3 is 2.83 bits per heavy atom. The van der Waals surface area contributed by atoms with E-state index >= 15 is 0 Å². The first-order chi connectivity index (χ1) is 5.77. The minimum atomic E-state index is -0.165. The molecule has 1 aliphatic rings. The lowest BCUT2D eigenvalue weighted by Gasteiger charge is -2.28. The van der Waals surface area contributed by atoms with Crippen molar-refractivity contribution < 1.29 is 4.39 Å². The zero-order chi connectivity index (χ0) is 8.55. The van der Waals surface area contributed by atoms with Crippen molar-refractivity contribution in [2.24, 2.45) is 0 Å². The summed E-state index contributed by atoms with van der Waals surface area (Å²) in [4.78, 5) is 0. The molecule has 0 radical (unpaired) electrons. The minimum Gasteiger partial charge on any atom is -0.310 e. The Morgan fingerprint density at radius 1 is 1.50 bits per heavy atom. The van der Waals surface area contributed by atoms with E-state index in [-0.39, 0.29) is 5.82 Å². The fraction of sp³-hybridized carbons (Fsp3) is 0.333. The number of hydrogen-bond acceptors (Lipinski definition) is 1. The van der Waals surface area contributed by atoms with Crippen molar-refractivity contribution in [1.82, 2.24) is 5.32 Å². The van der Waals surface area contributed by atoms with Crippen molar-refractivity contribution in [3.8, 4) is 0 Å². The average molecular weight is 230 g/mol. The lowest BCUT2D eigenvalue weighted by atomic mass is 9.98. The van der Waals surface area contributed by atoms with Crippen LogP contribution in [-0.4, -0.2) is 6.54 Å². The van der Waals surface area contributed by atoms with E-state index in [4.69, 9.17) is 0 Å². The van der Waals surface area contributed by atoms with Gasteiger partial charge in [-0.2, -0.15) is 0 Å². The number of rotatable bonds is 1. The van der Waals surface area contributed by atoms with Gasteiger partial charge in [0, 0.05) is 10.5 Å². The van der Waals surface area contributed by atoms with Crippen molar-refractivity contribution >= 4 is 15.9 Å². The third-order valence-corrected chi connectivity index (χ3v) is 2.88.